The maximum Gasteiger partial charge on any atom is 0.236 e. The normalized spacial score (nSPS) is 11.2. The SMILES string of the molecule is Nc1ccc(NS(=O)(=O)Cc2ccccc2)c(Cl)c1. The van der Waals surface area contributed by atoms with Crippen molar-refractivity contribution in [3.63, 3.8) is 0 Å². The Morgan fingerprint density at radius 1 is 1.11 bits per heavy atom. The zero-order chi connectivity index (χ0) is 13.9. The number of nitrogens with two attached hydrogens (primary N) is 1. The van der Waals surface area contributed by atoms with Gasteiger partial charge in [-0.05, 0) is 23.8 Å². The summed E-state index contributed by atoms with van der Waals surface area (Å²) in [6.45, 7) is 0. The van der Waals surface area contributed by atoms with Crippen molar-refractivity contribution in [1.82, 2.24) is 0 Å². The van der Waals surface area contributed by atoms with Gasteiger partial charge in [0, 0.05) is 5.69 Å². The first-order valence-corrected chi connectivity index (χ1v) is 7.59. The summed E-state index contributed by atoms with van der Waals surface area (Å²) in [7, 11) is -3.50. The molecule has 0 radical (unpaired) electrons. The van der Waals surface area contributed by atoms with Gasteiger partial charge in [-0.25, -0.2) is 8.42 Å². The Kier molecular flexibility index (Phi) is 3.97. The van der Waals surface area contributed by atoms with Gasteiger partial charge in [0.1, 0.15) is 0 Å². The molecule has 0 unspecified atom stereocenters. The van der Waals surface area contributed by atoms with Gasteiger partial charge in [0.15, 0.2) is 0 Å². The van der Waals surface area contributed by atoms with Gasteiger partial charge in [0.2, 0.25) is 10.0 Å². The van der Waals surface area contributed by atoms with E-state index in [0.29, 0.717) is 16.9 Å². The Labute approximate surface area is 117 Å². The number of anilines is 2. The maximum absolute atomic E-state index is 12.0. The average Bonchev–Trinajstić information content (AvgIpc) is 2.33. The Hall–Kier alpha value is -1.72. The van der Waals surface area contributed by atoms with Gasteiger partial charge >= 0.3 is 0 Å². The number of benzene rings is 2. The third kappa shape index (κ3) is 3.87. The van der Waals surface area contributed by atoms with E-state index in [1.165, 1.54) is 6.07 Å². The lowest BCUT2D eigenvalue weighted by Crippen LogP contribution is -2.15. The van der Waals surface area contributed by atoms with Crippen LogP contribution in [0.5, 0.6) is 0 Å². The minimum Gasteiger partial charge on any atom is -0.399 e. The second kappa shape index (κ2) is 5.50. The monoisotopic (exact) mass is 296 g/mol. The number of nitrogens with one attached hydrogen (secondary N) is 1. The highest BCUT2D eigenvalue weighted by molar-refractivity contribution is 7.91. The molecule has 0 heterocycles. The molecule has 2 aromatic rings. The van der Waals surface area contributed by atoms with Gasteiger partial charge in [0.05, 0.1) is 16.5 Å². The molecule has 0 bridgehead atoms. The van der Waals surface area contributed by atoms with E-state index >= 15 is 0 Å². The average molecular weight is 297 g/mol. The van der Waals surface area contributed by atoms with E-state index in [0.717, 1.165) is 0 Å². The molecule has 6 heteroatoms. The van der Waals surface area contributed by atoms with Crippen molar-refractivity contribution in [2.24, 2.45) is 0 Å². The zero-order valence-electron chi connectivity index (χ0n) is 10.0. The summed E-state index contributed by atoms with van der Waals surface area (Å²) in [6.07, 6.45) is 0. The predicted octanol–water partition coefficient (Wildman–Crippen LogP) is 2.86. The van der Waals surface area contributed by atoms with Crippen LogP contribution < -0.4 is 10.5 Å². The van der Waals surface area contributed by atoms with Crippen molar-refractivity contribution < 1.29 is 8.42 Å². The van der Waals surface area contributed by atoms with Crippen LogP contribution in [0.15, 0.2) is 48.5 Å². The van der Waals surface area contributed by atoms with Gasteiger partial charge in [-0.1, -0.05) is 41.9 Å². The molecular weight excluding hydrogens is 284 g/mol. The van der Waals surface area contributed by atoms with Gasteiger partial charge in [0.25, 0.3) is 0 Å². The number of hydrogen-bond donors (Lipinski definition) is 2. The molecule has 0 aliphatic carbocycles. The molecule has 0 amide bonds. The van der Waals surface area contributed by atoms with E-state index in [9.17, 15) is 8.42 Å². The predicted molar refractivity (Wildman–Crippen MR) is 78.6 cm³/mol. The van der Waals surface area contributed by atoms with E-state index in [-0.39, 0.29) is 10.8 Å². The minimum absolute atomic E-state index is 0.103. The first-order valence-electron chi connectivity index (χ1n) is 5.56. The minimum atomic E-state index is -3.50. The smallest absolute Gasteiger partial charge is 0.236 e. The summed E-state index contributed by atoms with van der Waals surface area (Å²) in [5.41, 5.74) is 7.07. The highest BCUT2D eigenvalue weighted by Crippen LogP contribution is 2.25. The molecule has 0 saturated heterocycles. The highest BCUT2D eigenvalue weighted by atomic mass is 35.5. The second-order valence-corrected chi connectivity index (χ2v) is 6.22. The summed E-state index contributed by atoms with van der Waals surface area (Å²) in [6, 6.07) is 13.6. The van der Waals surface area contributed by atoms with Gasteiger partial charge in [-0.2, -0.15) is 0 Å². The van der Waals surface area contributed by atoms with Crippen LogP contribution in [0.2, 0.25) is 5.02 Å². The van der Waals surface area contributed by atoms with Gasteiger partial charge < -0.3 is 5.73 Å². The Morgan fingerprint density at radius 2 is 1.79 bits per heavy atom. The van der Waals surface area contributed by atoms with Crippen LogP contribution in [0.3, 0.4) is 0 Å². The first-order chi connectivity index (χ1) is 8.96. The van der Waals surface area contributed by atoms with Crippen molar-refractivity contribution in [1.29, 1.82) is 0 Å². The lowest BCUT2D eigenvalue weighted by Gasteiger charge is -2.10. The van der Waals surface area contributed by atoms with Crippen LogP contribution in [0.1, 0.15) is 5.56 Å². The lowest BCUT2D eigenvalue weighted by atomic mass is 10.2. The topological polar surface area (TPSA) is 72.2 Å². The van der Waals surface area contributed by atoms with Crippen LogP contribution in [-0.4, -0.2) is 8.42 Å². The van der Waals surface area contributed by atoms with E-state index in [2.05, 4.69) is 4.72 Å². The summed E-state index contributed by atoms with van der Waals surface area (Å²) < 4.78 is 26.5. The third-order valence-corrected chi connectivity index (χ3v) is 4.02. The summed E-state index contributed by atoms with van der Waals surface area (Å²) in [5, 5.41) is 0.275. The molecule has 0 spiro atoms. The quantitative estimate of drug-likeness (QED) is 0.852. The van der Waals surface area contributed by atoms with Gasteiger partial charge in [-0.3, -0.25) is 4.72 Å². The Bertz CT molecular complexity index is 672. The van der Waals surface area contributed by atoms with Crippen LogP contribution in [0.25, 0.3) is 0 Å². The Morgan fingerprint density at radius 3 is 2.42 bits per heavy atom. The highest BCUT2D eigenvalue weighted by Gasteiger charge is 2.13. The molecule has 0 aromatic heterocycles. The fourth-order valence-electron chi connectivity index (χ4n) is 1.61. The van der Waals surface area contributed by atoms with Crippen molar-refractivity contribution in [3.05, 3.63) is 59.1 Å². The summed E-state index contributed by atoms with van der Waals surface area (Å²) in [5.74, 6) is -0.103. The van der Waals surface area contributed by atoms with Gasteiger partial charge in [-0.15, -0.1) is 0 Å². The maximum atomic E-state index is 12.0. The van der Waals surface area contributed by atoms with E-state index < -0.39 is 10.0 Å². The molecule has 19 heavy (non-hydrogen) atoms. The van der Waals surface area contributed by atoms with Crippen LogP contribution in [0, 0.1) is 0 Å². The number of nitrogen functional groups attached to an aromatic ring is 1. The molecule has 2 aromatic carbocycles. The molecule has 0 saturated carbocycles. The van der Waals surface area contributed by atoms with Crippen molar-refractivity contribution in [2.75, 3.05) is 10.5 Å². The second-order valence-electron chi connectivity index (χ2n) is 4.09. The Balaban J connectivity index is 2.17. The molecular formula is C13H13ClN2O2S. The molecule has 0 aliphatic rings. The van der Waals surface area contributed by atoms with E-state index in [1.54, 1.807) is 36.4 Å². The third-order valence-electron chi connectivity index (χ3n) is 2.46. The summed E-state index contributed by atoms with van der Waals surface area (Å²) >= 11 is 5.93. The fraction of sp³-hybridized carbons (Fsp3) is 0.0769. The standard InChI is InChI=1S/C13H13ClN2O2S/c14-12-8-11(15)6-7-13(12)16-19(17,18)9-10-4-2-1-3-5-10/h1-8,16H,9,15H2. The number of rotatable bonds is 4. The number of hydrogen-bond acceptors (Lipinski definition) is 3. The lowest BCUT2D eigenvalue weighted by molar-refractivity contribution is 0.600. The zero-order valence-corrected chi connectivity index (χ0v) is 11.6. The molecule has 2 rings (SSSR count). The van der Waals surface area contributed by atoms with E-state index in [1.807, 2.05) is 6.07 Å². The van der Waals surface area contributed by atoms with Crippen LogP contribution >= 0.6 is 11.6 Å². The molecule has 0 atom stereocenters. The molecule has 0 fully saturated rings. The first kappa shape index (κ1) is 13.7. The van der Waals surface area contributed by atoms with Crippen LogP contribution in [0.4, 0.5) is 11.4 Å². The fourth-order valence-corrected chi connectivity index (χ4v) is 3.12. The molecule has 3 N–H and O–H groups in total. The number of sulfonamides is 1. The van der Waals surface area contributed by atoms with Crippen molar-refractivity contribution >= 4 is 33.0 Å². The van der Waals surface area contributed by atoms with Crippen molar-refractivity contribution in [3.8, 4) is 0 Å². The van der Waals surface area contributed by atoms with Crippen molar-refractivity contribution in [2.45, 2.75) is 5.75 Å². The molecule has 100 valence electrons. The summed E-state index contributed by atoms with van der Waals surface area (Å²) in [4.78, 5) is 0. The largest absolute Gasteiger partial charge is 0.399 e. The number of halogens is 1. The molecule has 4 nitrogen and oxygen atoms in total. The van der Waals surface area contributed by atoms with Crippen LogP contribution in [-0.2, 0) is 15.8 Å². The van der Waals surface area contributed by atoms with E-state index in [4.69, 9.17) is 17.3 Å². The molecule has 0 aliphatic heterocycles.